The second-order valence-corrected chi connectivity index (χ2v) is 8.74. The van der Waals surface area contributed by atoms with Gasteiger partial charge in [0.2, 0.25) is 0 Å². The Morgan fingerprint density at radius 2 is 1.11 bits per heavy atom. The highest BCUT2D eigenvalue weighted by molar-refractivity contribution is 7.86. The van der Waals surface area contributed by atoms with E-state index in [0.29, 0.717) is 13.1 Å². The van der Waals surface area contributed by atoms with Crippen molar-refractivity contribution in [2.24, 2.45) is 0 Å². The van der Waals surface area contributed by atoms with E-state index < -0.39 is 15.7 Å². The first kappa shape index (κ1) is 18.9. The van der Waals surface area contributed by atoms with Gasteiger partial charge in [0, 0.05) is 13.1 Å². The SMILES string of the molecule is CS(=O)(=O)OC1CN(C(c2ccccc2)(c2ccccc2)c2ccccc2)C1. The molecule has 1 saturated heterocycles. The summed E-state index contributed by atoms with van der Waals surface area (Å²) in [7, 11) is -3.47. The summed E-state index contributed by atoms with van der Waals surface area (Å²) in [5.41, 5.74) is 2.92. The quantitative estimate of drug-likeness (QED) is 0.474. The van der Waals surface area contributed by atoms with Gasteiger partial charge in [0.15, 0.2) is 0 Å². The number of benzene rings is 3. The first-order valence-electron chi connectivity index (χ1n) is 9.30. The fourth-order valence-corrected chi connectivity index (χ4v) is 4.72. The maximum atomic E-state index is 11.6. The van der Waals surface area contributed by atoms with Crippen molar-refractivity contribution in [1.82, 2.24) is 4.90 Å². The van der Waals surface area contributed by atoms with Crippen LogP contribution in [0.3, 0.4) is 0 Å². The molecule has 4 rings (SSSR count). The van der Waals surface area contributed by atoms with E-state index in [2.05, 4.69) is 41.3 Å². The molecule has 0 radical (unpaired) electrons. The molecule has 0 atom stereocenters. The van der Waals surface area contributed by atoms with Gasteiger partial charge in [-0.05, 0) is 16.7 Å². The molecule has 1 fully saturated rings. The second kappa shape index (κ2) is 7.51. The van der Waals surface area contributed by atoms with Crippen LogP contribution in [-0.2, 0) is 19.8 Å². The topological polar surface area (TPSA) is 46.6 Å². The third-order valence-electron chi connectivity index (χ3n) is 5.21. The summed E-state index contributed by atoms with van der Waals surface area (Å²) in [4.78, 5) is 2.29. The summed E-state index contributed by atoms with van der Waals surface area (Å²) in [6.07, 6.45) is 0.777. The van der Waals surface area contributed by atoms with E-state index in [1.54, 1.807) is 0 Å². The van der Waals surface area contributed by atoms with Gasteiger partial charge in [-0.1, -0.05) is 91.0 Å². The zero-order valence-electron chi connectivity index (χ0n) is 15.7. The zero-order chi connectivity index (χ0) is 19.6. The van der Waals surface area contributed by atoms with E-state index >= 15 is 0 Å². The van der Waals surface area contributed by atoms with Crippen molar-refractivity contribution in [3.63, 3.8) is 0 Å². The van der Waals surface area contributed by atoms with E-state index in [-0.39, 0.29) is 6.10 Å². The molecule has 0 N–H and O–H groups in total. The van der Waals surface area contributed by atoms with Crippen LogP contribution in [0.5, 0.6) is 0 Å². The molecular weight excluding hydrogens is 370 g/mol. The monoisotopic (exact) mass is 393 g/mol. The predicted molar refractivity (Wildman–Crippen MR) is 110 cm³/mol. The molecule has 1 aliphatic rings. The van der Waals surface area contributed by atoms with Crippen LogP contribution in [-0.4, -0.2) is 38.8 Å². The Morgan fingerprint density at radius 3 is 1.43 bits per heavy atom. The predicted octanol–water partition coefficient (Wildman–Crippen LogP) is 3.64. The number of likely N-dealkylation sites (tertiary alicyclic amines) is 1. The Morgan fingerprint density at radius 1 is 0.750 bits per heavy atom. The summed E-state index contributed by atoms with van der Waals surface area (Å²) in [6, 6.07) is 31.1. The van der Waals surface area contributed by atoms with Crippen LogP contribution in [0.15, 0.2) is 91.0 Å². The lowest BCUT2D eigenvalue weighted by Gasteiger charge is -2.52. The fourth-order valence-electron chi connectivity index (χ4n) is 4.11. The van der Waals surface area contributed by atoms with Crippen LogP contribution >= 0.6 is 0 Å². The number of rotatable bonds is 6. The highest BCUT2D eigenvalue weighted by atomic mass is 32.2. The van der Waals surface area contributed by atoms with Crippen molar-refractivity contribution in [1.29, 1.82) is 0 Å². The first-order chi connectivity index (χ1) is 13.5. The summed E-state index contributed by atoms with van der Waals surface area (Å²) in [6.45, 7) is 1.07. The smallest absolute Gasteiger partial charge is 0.264 e. The van der Waals surface area contributed by atoms with Crippen molar-refractivity contribution in [2.45, 2.75) is 11.6 Å². The Bertz CT molecular complexity index is 919. The van der Waals surface area contributed by atoms with Crippen LogP contribution in [0.2, 0.25) is 0 Å². The van der Waals surface area contributed by atoms with Gasteiger partial charge in [0.05, 0.1) is 11.8 Å². The first-order valence-corrected chi connectivity index (χ1v) is 11.1. The highest BCUT2D eigenvalue weighted by Crippen LogP contribution is 2.45. The van der Waals surface area contributed by atoms with Gasteiger partial charge < -0.3 is 0 Å². The van der Waals surface area contributed by atoms with Crippen molar-refractivity contribution in [3.05, 3.63) is 108 Å². The van der Waals surface area contributed by atoms with Gasteiger partial charge in [-0.3, -0.25) is 9.08 Å². The molecule has 144 valence electrons. The van der Waals surface area contributed by atoms with Crippen LogP contribution in [0, 0.1) is 0 Å². The third kappa shape index (κ3) is 3.49. The Labute approximate surface area is 166 Å². The van der Waals surface area contributed by atoms with E-state index in [1.165, 1.54) is 0 Å². The maximum Gasteiger partial charge on any atom is 0.264 e. The largest absolute Gasteiger partial charge is 0.281 e. The van der Waals surface area contributed by atoms with Gasteiger partial charge in [-0.15, -0.1) is 0 Å². The number of hydrogen-bond donors (Lipinski definition) is 0. The van der Waals surface area contributed by atoms with Gasteiger partial charge in [0.1, 0.15) is 6.10 Å². The molecule has 0 aliphatic carbocycles. The minimum absolute atomic E-state index is 0.328. The highest BCUT2D eigenvalue weighted by Gasteiger charge is 2.48. The van der Waals surface area contributed by atoms with Gasteiger partial charge in [0.25, 0.3) is 10.1 Å². The molecule has 3 aromatic carbocycles. The van der Waals surface area contributed by atoms with Crippen LogP contribution in [0.25, 0.3) is 0 Å². The molecule has 1 heterocycles. The van der Waals surface area contributed by atoms with Crippen molar-refractivity contribution >= 4 is 10.1 Å². The normalized spacial score (nSPS) is 15.9. The van der Waals surface area contributed by atoms with Gasteiger partial charge in [-0.25, -0.2) is 0 Å². The summed E-state index contributed by atoms with van der Waals surface area (Å²) >= 11 is 0. The lowest BCUT2D eigenvalue weighted by Crippen LogP contribution is -2.62. The van der Waals surface area contributed by atoms with E-state index in [4.69, 9.17) is 4.18 Å². The molecule has 0 bridgehead atoms. The van der Waals surface area contributed by atoms with Crippen LogP contribution in [0.1, 0.15) is 16.7 Å². The molecule has 0 aromatic heterocycles. The molecule has 0 saturated carbocycles. The summed E-state index contributed by atoms with van der Waals surface area (Å²) < 4.78 is 28.4. The third-order valence-corrected chi connectivity index (χ3v) is 5.83. The van der Waals surface area contributed by atoms with E-state index in [9.17, 15) is 8.42 Å². The molecule has 5 heteroatoms. The molecule has 0 spiro atoms. The Hall–Kier alpha value is -2.47. The van der Waals surface area contributed by atoms with E-state index in [1.807, 2.05) is 54.6 Å². The average molecular weight is 394 g/mol. The molecule has 4 nitrogen and oxygen atoms in total. The fraction of sp³-hybridized carbons (Fsp3) is 0.217. The lowest BCUT2D eigenvalue weighted by atomic mass is 9.74. The molecule has 0 unspecified atom stereocenters. The molecule has 28 heavy (non-hydrogen) atoms. The van der Waals surface area contributed by atoms with Gasteiger partial charge >= 0.3 is 0 Å². The Balaban J connectivity index is 1.86. The molecule has 3 aromatic rings. The minimum Gasteiger partial charge on any atom is -0.281 e. The molecule has 0 amide bonds. The molecule has 1 aliphatic heterocycles. The van der Waals surface area contributed by atoms with Crippen molar-refractivity contribution < 1.29 is 12.6 Å². The van der Waals surface area contributed by atoms with Crippen LogP contribution < -0.4 is 0 Å². The minimum atomic E-state index is -3.47. The molecular formula is C23H23NO3S. The second-order valence-electron chi connectivity index (χ2n) is 7.14. The average Bonchev–Trinajstić information content (AvgIpc) is 2.68. The van der Waals surface area contributed by atoms with Crippen LogP contribution in [0.4, 0.5) is 0 Å². The van der Waals surface area contributed by atoms with Gasteiger partial charge in [-0.2, -0.15) is 8.42 Å². The van der Waals surface area contributed by atoms with Crippen molar-refractivity contribution in [3.8, 4) is 0 Å². The Kier molecular flexibility index (Phi) is 5.06. The van der Waals surface area contributed by atoms with E-state index in [0.717, 1.165) is 22.9 Å². The zero-order valence-corrected chi connectivity index (χ0v) is 16.5. The standard InChI is InChI=1S/C23H23NO3S/c1-28(25,26)27-22-17-24(18-22)23(19-11-5-2-6-12-19,20-13-7-3-8-14-20)21-15-9-4-10-16-21/h2-16,22H,17-18H2,1H3. The summed E-state index contributed by atoms with van der Waals surface area (Å²) in [5.74, 6) is 0. The maximum absolute atomic E-state index is 11.6. The summed E-state index contributed by atoms with van der Waals surface area (Å²) in [5, 5.41) is 0. The lowest BCUT2D eigenvalue weighted by molar-refractivity contribution is -0.0241. The number of hydrogen-bond acceptors (Lipinski definition) is 4. The number of nitrogens with zero attached hydrogens (tertiary/aromatic N) is 1. The van der Waals surface area contributed by atoms with Crippen molar-refractivity contribution in [2.75, 3.05) is 19.3 Å².